The lowest BCUT2D eigenvalue weighted by atomic mass is 10.1. The van der Waals surface area contributed by atoms with Gasteiger partial charge in [0, 0.05) is 35.5 Å². The number of hydrogen-bond acceptors (Lipinski definition) is 10. The van der Waals surface area contributed by atoms with Gasteiger partial charge in [-0.1, -0.05) is 51.0 Å². The first kappa shape index (κ1) is 36.3. The maximum atomic E-state index is 14.5. The first-order chi connectivity index (χ1) is 24.8. The second kappa shape index (κ2) is 14.4. The SMILES string of the molecule is CC(C)c1cnc(N[C@H]2CCCCCC=C[C@@H]3C[C@@]3(C(=O)NS(=O)(=O)C3CC3)NC(=O)[C@@H]3C[C@@H](OC(=O)N4Cc5cccc(F)c5C4)CN3C2=O)s1. The highest BCUT2D eigenvalue weighted by Gasteiger charge is 2.62. The summed E-state index contributed by atoms with van der Waals surface area (Å²) in [5.41, 5.74) is -0.399. The molecule has 52 heavy (non-hydrogen) atoms. The van der Waals surface area contributed by atoms with Gasteiger partial charge >= 0.3 is 6.09 Å². The molecule has 0 spiro atoms. The highest BCUT2D eigenvalue weighted by atomic mass is 32.2. The van der Waals surface area contributed by atoms with Crippen LogP contribution in [0.2, 0.25) is 0 Å². The van der Waals surface area contributed by atoms with Crippen LogP contribution in [0.4, 0.5) is 14.3 Å². The van der Waals surface area contributed by atoms with Gasteiger partial charge in [-0.05, 0) is 56.1 Å². The average Bonchev–Trinajstić information content (AvgIpc) is 3.89. The normalized spacial score (nSPS) is 27.9. The maximum Gasteiger partial charge on any atom is 0.410 e. The summed E-state index contributed by atoms with van der Waals surface area (Å²) in [6, 6.07) is 2.83. The maximum absolute atomic E-state index is 14.5. The van der Waals surface area contributed by atoms with E-state index in [0.717, 1.165) is 30.6 Å². The molecule has 0 unspecified atom stereocenters. The molecule has 16 heteroatoms. The predicted molar refractivity (Wildman–Crippen MR) is 191 cm³/mol. The zero-order valence-corrected chi connectivity index (χ0v) is 30.9. The molecule has 2 aliphatic carbocycles. The Kier molecular flexibility index (Phi) is 10.1. The van der Waals surface area contributed by atoms with Gasteiger partial charge in [-0.25, -0.2) is 22.6 Å². The third kappa shape index (κ3) is 7.54. The van der Waals surface area contributed by atoms with Crippen molar-refractivity contribution in [3.8, 4) is 0 Å². The lowest BCUT2D eigenvalue weighted by Gasteiger charge is -2.29. The van der Waals surface area contributed by atoms with E-state index in [-0.39, 0.29) is 44.3 Å². The molecular weight excluding hydrogens is 712 g/mol. The summed E-state index contributed by atoms with van der Waals surface area (Å²) in [5, 5.41) is 6.12. The number of halogens is 1. The number of anilines is 1. The van der Waals surface area contributed by atoms with Crippen molar-refractivity contribution in [2.45, 2.75) is 120 Å². The van der Waals surface area contributed by atoms with E-state index in [9.17, 15) is 32.0 Å². The van der Waals surface area contributed by atoms with Crippen molar-refractivity contribution >= 4 is 50.3 Å². The van der Waals surface area contributed by atoms with Gasteiger partial charge in [-0.15, -0.1) is 11.3 Å². The molecule has 2 saturated carbocycles. The number of aromatic nitrogens is 1. The Morgan fingerprint density at radius 1 is 1.13 bits per heavy atom. The van der Waals surface area contributed by atoms with Crippen molar-refractivity contribution in [1.82, 2.24) is 24.8 Å². The molecule has 5 atom stereocenters. The monoisotopic (exact) mass is 756 g/mol. The number of carbonyl (C=O) groups excluding carboxylic acids is 4. The summed E-state index contributed by atoms with van der Waals surface area (Å²) in [6.07, 6.45) is 8.75. The largest absolute Gasteiger partial charge is 0.444 e. The van der Waals surface area contributed by atoms with Gasteiger partial charge in [0.1, 0.15) is 29.5 Å². The third-order valence-electron chi connectivity index (χ3n) is 10.7. The summed E-state index contributed by atoms with van der Waals surface area (Å²) < 4.78 is 48.1. The van der Waals surface area contributed by atoms with Gasteiger partial charge in [-0.2, -0.15) is 0 Å². The van der Waals surface area contributed by atoms with Crippen molar-refractivity contribution in [3.63, 3.8) is 0 Å². The summed E-state index contributed by atoms with van der Waals surface area (Å²) in [7, 11) is -3.89. The topological polar surface area (TPSA) is 167 Å². The molecule has 1 aromatic carbocycles. The summed E-state index contributed by atoms with van der Waals surface area (Å²) >= 11 is 1.46. The zero-order valence-electron chi connectivity index (χ0n) is 29.3. The molecular formula is C36H45FN6O7S2. The zero-order chi connectivity index (χ0) is 36.8. The first-order valence-electron chi connectivity index (χ1n) is 18.1. The van der Waals surface area contributed by atoms with E-state index in [2.05, 4.69) is 34.2 Å². The molecule has 280 valence electrons. The number of fused-ring (bicyclic) bond motifs is 3. The number of rotatable bonds is 7. The van der Waals surface area contributed by atoms with Gasteiger partial charge in [0.25, 0.3) is 5.91 Å². The smallest absolute Gasteiger partial charge is 0.410 e. The van der Waals surface area contributed by atoms with Crippen LogP contribution >= 0.6 is 11.3 Å². The minimum Gasteiger partial charge on any atom is -0.444 e. The van der Waals surface area contributed by atoms with Crippen LogP contribution in [0, 0.1) is 11.7 Å². The first-order valence-corrected chi connectivity index (χ1v) is 20.5. The number of allylic oxidation sites excluding steroid dienone is 1. The molecule has 4 amide bonds. The second-order valence-corrected chi connectivity index (χ2v) is 17.9. The van der Waals surface area contributed by atoms with E-state index in [1.54, 1.807) is 18.3 Å². The van der Waals surface area contributed by atoms with Crippen LogP contribution in [0.1, 0.15) is 93.6 Å². The van der Waals surface area contributed by atoms with Crippen LogP contribution in [0.15, 0.2) is 36.5 Å². The van der Waals surface area contributed by atoms with Crippen LogP contribution in [-0.4, -0.2) is 82.5 Å². The fraction of sp³-hybridized carbons (Fsp3) is 0.583. The Labute approximate surface area is 306 Å². The fourth-order valence-electron chi connectivity index (χ4n) is 7.34. The van der Waals surface area contributed by atoms with Crippen molar-refractivity contribution in [2.24, 2.45) is 5.92 Å². The van der Waals surface area contributed by atoms with Gasteiger partial charge in [-0.3, -0.25) is 24.0 Å². The highest BCUT2D eigenvalue weighted by molar-refractivity contribution is 7.91. The minimum absolute atomic E-state index is 0.0363. The molecule has 1 aromatic heterocycles. The molecule has 7 rings (SSSR count). The van der Waals surface area contributed by atoms with Crippen LogP contribution in [0.25, 0.3) is 0 Å². The molecule has 3 N–H and O–H groups in total. The number of amides is 4. The summed E-state index contributed by atoms with van der Waals surface area (Å²) in [4.78, 5) is 64.2. The quantitative estimate of drug-likeness (QED) is 0.349. The van der Waals surface area contributed by atoms with Crippen LogP contribution < -0.4 is 15.4 Å². The number of ether oxygens (including phenoxy) is 1. The van der Waals surface area contributed by atoms with Gasteiger partial charge in [0.2, 0.25) is 21.8 Å². The van der Waals surface area contributed by atoms with Crippen LogP contribution in [-0.2, 0) is 42.2 Å². The van der Waals surface area contributed by atoms with Crippen molar-refractivity contribution in [2.75, 3.05) is 11.9 Å². The lowest BCUT2D eigenvalue weighted by Crippen LogP contribution is -2.57. The molecule has 4 heterocycles. The van der Waals surface area contributed by atoms with Crippen LogP contribution in [0.5, 0.6) is 0 Å². The minimum atomic E-state index is -3.89. The molecule has 3 fully saturated rings. The van der Waals surface area contributed by atoms with Crippen molar-refractivity contribution in [3.05, 3.63) is 58.4 Å². The Bertz CT molecular complexity index is 1880. The van der Waals surface area contributed by atoms with Gasteiger partial charge in [0.05, 0.1) is 18.3 Å². The molecule has 13 nitrogen and oxygen atoms in total. The molecule has 0 bridgehead atoms. The van der Waals surface area contributed by atoms with E-state index in [1.165, 1.54) is 27.2 Å². The standard InChI is InChI=1S/C36H45FN6O7S2/c1-21(2)30-17-38-34(51-30)39-28-12-7-5-3-4-6-10-23-16-36(23,33(46)41-52(48,49)25-13-14-25)40-31(44)29-15-24(19-43(29)32(28)45)50-35(47)42-18-22-9-8-11-27(37)26(22)20-42/h6,8-11,17,21,23-25,28-29H,3-5,7,12-16,18-20H2,1-2H3,(H,38,39)(H,40,44)(H,41,46)/t23-,24-,28+,29+,36-/m1/s1. The number of carbonyl (C=O) groups is 4. The molecule has 2 aromatic rings. The summed E-state index contributed by atoms with van der Waals surface area (Å²) in [6.45, 7) is 4.25. The Balaban J connectivity index is 1.15. The predicted octanol–water partition coefficient (Wildman–Crippen LogP) is 4.31. The van der Waals surface area contributed by atoms with Crippen molar-refractivity contribution < 1.29 is 36.7 Å². The van der Waals surface area contributed by atoms with E-state index in [1.807, 2.05) is 12.2 Å². The number of hydrogen-bond donors (Lipinski definition) is 3. The molecule has 5 aliphatic rings. The number of benzene rings is 1. The average molecular weight is 757 g/mol. The fourth-order valence-corrected chi connectivity index (χ4v) is 9.58. The van der Waals surface area contributed by atoms with Crippen molar-refractivity contribution in [1.29, 1.82) is 0 Å². The van der Waals surface area contributed by atoms with Crippen LogP contribution in [0.3, 0.4) is 0 Å². The van der Waals surface area contributed by atoms with Gasteiger partial charge < -0.3 is 20.3 Å². The molecule has 0 radical (unpaired) electrons. The van der Waals surface area contributed by atoms with E-state index in [0.29, 0.717) is 35.5 Å². The summed E-state index contributed by atoms with van der Waals surface area (Å²) in [5.74, 6) is -2.38. The number of nitrogens with zero attached hydrogens (tertiary/aromatic N) is 3. The lowest BCUT2D eigenvalue weighted by molar-refractivity contribution is -0.140. The van der Waals surface area contributed by atoms with E-state index >= 15 is 0 Å². The highest BCUT2D eigenvalue weighted by Crippen LogP contribution is 2.46. The van der Waals surface area contributed by atoms with Gasteiger partial charge in [0.15, 0.2) is 5.13 Å². The number of sulfonamides is 1. The van der Waals surface area contributed by atoms with E-state index in [4.69, 9.17) is 4.74 Å². The number of thiazole rings is 1. The molecule has 3 aliphatic heterocycles. The number of nitrogens with one attached hydrogen (secondary N) is 3. The Morgan fingerprint density at radius 2 is 1.94 bits per heavy atom. The Hall–Kier alpha value is -4.05. The molecule has 1 saturated heterocycles. The second-order valence-electron chi connectivity index (χ2n) is 14.9. The third-order valence-corrected chi connectivity index (χ3v) is 13.7. The Morgan fingerprint density at radius 3 is 2.67 bits per heavy atom. The van der Waals surface area contributed by atoms with E-state index < -0.39 is 68.6 Å².